The predicted octanol–water partition coefficient (Wildman–Crippen LogP) is 6.76. The van der Waals surface area contributed by atoms with Gasteiger partial charge in [0.15, 0.2) is 0 Å². The first kappa shape index (κ1) is 20.0. The second-order valence-corrected chi connectivity index (χ2v) is 7.84. The van der Waals surface area contributed by atoms with E-state index < -0.39 is 0 Å². The Balaban J connectivity index is 2.04. The van der Waals surface area contributed by atoms with Gasteiger partial charge in [0.2, 0.25) is 0 Å². The average Bonchev–Trinajstić information content (AvgIpc) is 3.19. The van der Waals surface area contributed by atoms with Gasteiger partial charge in [0.05, 0.1) is 22.6 Å². The molecular weight excluding hydrogens is 409 g/mol. The van der Waals surface area contributed by atoms with Crippen molar-refractivity contribution >= 4 is 52.0 Å². The van der Waals surface area contributed by atoms with Crippen LogP contribution >= 0.6 is 34.5 Å². The van der Waals surface area contributed by atoms with E-state index in [0.717, 1.165) is 16.1 Å². The van der Waals surface area contributed by atoms with E-state index in [0.29, 0.717) is 33.5 Å². The minimum Gasteiger partial charge on any atom is -0.397 e. The van der Waals surface area contributed by atoms with Crippen LogP contribution in [0.4, 0.5) is 11.4 Å². The highest BCUT2D eigenvalue weighted by molar-refractivity contribution is 7.10. The molecule has 0 radical (unpaired) electrons. The average molecular weight is 426 g/mol. The summed E-state index contributed by atoms with van der Waals surface area (Å²) in [4.78, 5) is 2.87. The predicted molar refractivity (Wildman–Crippen MR) is 121 cm³/mol. The lowest BCUT2D eigenvalue weighted by Gasteiger charge is -2.28. The van der Waals surface area contributed by atoms with Gasteiger partial charge in [-0.1, -0.05) is 54.0 Å². The fourth-order valence-electron chi connectivity index (χ4n) is 2.72. The number of para-hydroxylation sites is 2. The Bertz CT molecular complexity index is 1070. The molecule has 28 heavy (non-hydrogen) atoms. The number of anilines is 2. The number of allylic oxidation sites excluding steroid dienone is 1. The van der Waals surface area contributed by atoms with Crippen LogP contribution in [-0.2, 0) is 6.54 Å². The second-order valence-electron chi connectivity index (χ2n) is 6.01. The molecule has 0 saturated carbocycles. The molecule has 140 valence electrons. The van der Waals surface area contributed by atoms with Gasteiger partial charge in [-0.15, -0.1) is 11.3 Å². The molecule has 0 amide bonds. The topological polar surface area (TPSA) is 53.0 Å². The van der Waals surface area contributed by atoms with Gasteiger partial charge < -0.3 is 10.6 Å². The standard InChI is InChI=1S/C22H17Cl2N3S/c1-15(17(13-25)11-19-5-4-10-28-19)27(22-7-3-2-6-21(22)26)14-16-8-9-18(23)12-20(16)24/h2-12H,1,14,26H2/b17-11+. The largest absolute Gasteiger partial charge is 0.397 e. The number of hydrogen-bond donors (Lipinski definition) is 1. The summed E-state index contributed by atoms with van der Waals surface area (Å²) in [6.07, 6.45) is 1.82. The van der Waals surface area contributed by atoms with Crippen molar-refractivity contribution in [3.63, 3.8) is 0 Å². The molecule has 1 aromatic heterocycles. The number of nitrogens with two attached hydrogens (primary N) is 1. The van der Waals surface area contributed by atoms with Crippen LogP contribution in [0.25, 0.3) is 6.08 Å². The fourth-order valence-corrected chi connectivity index (χ4v) is 3.85. The Morgan fingerprint density at radius 3 is 2.61 bits per heavy atom. The Labute approximate surface area is 178 Å². The molecule has 2 N–H and O–H groups in total. The van der Waals surface area contributed by atoms with Gasteiger partial charge in [-0.2, -0.15) is 5.26 Å². The van der Waals surface area contributed by atoms with Crippen molar-refractivity contribution in [3.05, 3.63) is 98.3 Å². The van der Waals surface area contributed by atoms with Crippen LogP contribution < -0.4 is 10.6 Å². The molecule has 0 bridgehead atoms. The molecule has 0 unspecified atom stereocenters. The number of hydrogen-bond acceptors (Lipinski definition) is 4. The summed E-state index contributed by atoms with van der Waals surface area (Å²) >= 11 is 14.0. The minimum absolute atomic E-state index is 0.395. The molecule has 0 aliphatic carbocycles. The van der Waals surface area contributed by atoms with Crippen LogP contribution in [0.3, 0.4) is 0 Å². The monoisotopic (exact) mass is 425 g/mol. The molecule has 3 nitrogen and oxygen atoms in total. The molecule has 1 heterocycles. The molecule has 0 spiro atoms. The lowest BCUT2D eigenvalue weighted by Crippen LogP contribution is -2.23. The second kappa shape index (κ2) is 8.99. The van der Waals surface area contributed by atoms with Crippen molar-refractivity contribution in [2.75, 3.05) is 10.6 Å². The molecule has 0 aliphatic rings. The van der Waals surface area contributed by atoms with Crippen LogP contribution in [0, 0.1) is 11.3 Å². The molecule has 0 aliphatic heterocycles. The molecule has 0 saturated heterocycles. The van der Waals surface area contributed by atoms with E-state index in [1.165, 1.54) is 0 Å². The van der Waals surface area contributed by atoms with E-state index >= 15 is 0 Å². The van der Waals surface area contributed by atoms with Crippen LogP contribution in [0.1, 0.15) is 10.4 Å². The van der Waals surface area contributed by atoms with Gasteiger partial charge >= 0.3 is 0 Å². The van der Waals surface area contributed by atoms with Gasteiger partial charge in [-0.05, 0) is 47.4 Å². The maximum absolute atomic E-state index is 9.74. The van der Waals surface area contributed by atoms with Crippen molar-refractivity contribution in [1.82, 2.24) is 0 Å². The third kappa shape index (κ3) is 4.58. The number of halogens is 2. The molecule has 0 atom stereocenters. The highest BCUT2D eigenvalue weighted by Gasteiger charge is 2.18. The van der Waals surface area contributed by atoms with E-state index in [1.807, 2.05) is 58.8 Å². The third-order valence-electron chi connectivity index (χ3n) is 4.16. The number of nitrogens with zero attached hydrogens (tertiary/aromatic N) is 2. The van der Waals surface area contributed by atoms with Crippen LogP contribution in [0.5, 0.6) is 0 Å². The summed E-state index contributed by atoms with van der Waals surface area (Å²) in [6, 6.07) is 18.9. The number of rotatable bonds is 6. The normalized spacial score (nSPS) is 11.1. The molecular formula is C22H17Cl2N3S. The van der Waals surface area contributed by atoms with Crippen molar-refractivity contribution in [2.45, 2.75) is 6.54 Å². The quantitative estimate of drug-likeness (QED) is 0.269. The summed E-state index contributed by atoms with van der Waals surface area (Å²) in [6.45, 7) is 4.58. The van der Waals surface area contributed by atoms with Gasteiger partial charge in [0.1, 0.15) is 6.07 Å². The number of nitrogen functional groups attached to an aromatic ring is 1. The first-order chi connectivity index (χ1) is 13.5. The van der Waals surface area contributed by atoms with Gasteiger partial charge in [-0.25, -0.2) is 0 Å². The van der Waals surface area contributed by atoms with E-state index in [-0.39, 0.29) is 0 Å². The third-order valence-corrected chi connectivity index (χ3v) is 5.56. The van der Waals surface area contributed by atoms with E-state index in [4.69, 9.17) is 28.9 Å². The van der Waals surface area contributed by atoms with Crippen LogP contribution in [-0.4, -0.2) is 0 Å². The van der Waals surface area contributed by atoms with Crippen molar-refractivity contribution in [1.29, 1.82) is 5.26 Å². The fraction of sp³-hybridized carbons (Fsp3) is 0.0455. The molecule has 2 aromatic carbocycles. The molecule has 3 aromatic rings. The summed E-state index contributed by atoms with van der Waals surface area (Å²) in [7, 11) is 0. The van der Waals surface area contributed by atoms with Gasteiger partial charge in [0, 0.05) is 21.5 Å². The maximum atomic E-state index is 9.74. The van der Waals surface area contributed by atoms with Crippen molar-refractivity contribution in [3.8, 4) is 6.07 Å². The van der Waals surface area contributed by atoms with Gasteiger partial charge in [0.25, 0.3) is 0 Å². The minimum atomic E-state index is 0.395. The lowest BCUT2D eigenvalue weighted by molar-refractivity contribution is 0.932. The zero-order chi connectivity index (χ0) is 20.1. The number of thiophene rings is 1. The Morgan fingerprint density at radius 2 is 1.96 bits per heavy atom. The Morgan fingerprint density at radius 1 is 1.18 bits per heavy atom. The number of nitriles is 1. The van der Waals surface area contributed by atoms with E-state index in [2.05, 4.69) is 12.6 Å². The summed E-state index contributed by atoms with van der Waals surface area (Å²) in [5, 5.41) is 12.8. The first-order valence-corrected chi connectivity index (χ1v) is 10.0. The SMILES string of the molecule is C=C(/C(C#N)=C/c1cccs1)N(Cc1ccc(Cl)cc1Cl)c1ccccc1N. The molecule has 0 fully saturated rings. The smallest absolute Gasteiger partial charge is 0.101 e. The van der Waals surface area contributed by atoms with Crippen LogP contribution in [0.2, 0.25) is 10.0 Å². The van der Waals surface area contributed by atoms with Crippen LogP contribution in [0.15, 0.2) is 77.8 Å². The Hall–Kier alpha value is -2.71. The van der Waals surface area contributed by atoms with Crippen molar-refractivity contribution < 1.29 is 0 Å². The zero-order valence-electron chi connectivity index (χ0n) is 14.9. The molecule has 3 rings (SSSR count). The van der Waals surface area contributed by atoms with Gasteiger partial charge in [-0.3, -0.25) is 0 Å². The van der Waals surface area contributed by atoms with E-state index in [9.17, 15) is 5.26 Å². The molecule has 6 heteroatoms. The zero-order valence-corrected chi connectivity index (χ0v) is 17.2. The highest BCUT2D eigenvalue weighted by atomic mass is 35.5. The number of benzene rings is 2. The van der Waals surface area contributed by atoms with Crippen molar-refractivity contribution in [2.24, 2.45) is 0 Å². The maximum Gasteiger partial charge on any atom is 0.101 e. The summed E-state index contributed by atoms with van der Waals surface area (Å²) in [5.41, 5.74) is 9.40. The first-order valence-electron chi connectivity index (χ1n) is 8.40. The highest BCUT2D eigenvalue weighted by Crippen LogP contribution is 2.33. The lowest BCUT2D eigenvalue weighted by atomic mass is 10.1. The Kier molecular flexibility index (Phi) is 6.43. The van der Waals surface area contributed by atoms with E-state index in [1.54, 1.807) is 23.5 Å². The summed E-state index contributed by atoms with van der Waals surface area (Å²) < 4.78 is 0. The summed E-state index contributed by atoms with van der Waals surface area (Å²) in [5.74, 6) is 0.